The molecule has 20 N–H and O–H groups in total. The van der Waals surface area contributed by atoms with Crippen LogP contribution in [0.1, 0.15) is 131 Å². The number of ether oxygens (including phenoxy) is 6. The summed E-state index contributed by atoms with van der Waals surface area (Å²) < 4.78 is 39.3. The maximum absolute atomic E-state index is 16.3. The number of nitrogens with two attached hydrogens (primary N) is 1. The molecule has 11 bridgehead atoms. The van der Waals surface area contributed by atoms with Crippen molar-refractivity contribution in [3.8, 4) is 69.5 Å². The van der Waals surface area contributed by atoms with Crippen molar-refractivity contribution < 1.29 is 122 Å². The number of likely N-dealkylation sites (N-methyl/N-ethyl adjacent to an activating group) is 1. The predicted molar refractivity (Wildman–Crippen MR) is 423 cm³/mol. The third-order valence-corrected chi connectivity index (χ3v) is 21.5. The van der Waals surface area contributed by atoms with Gasteiger partial charge in [-0.1, -0.05) is 104 Å². The number of rotatable bonds is 18. The summed E-state index contributed by atoms with van der Waals surface area (Å²) in [6.45, 7) is 5.04. The van der Waals surface area contributed by atoms with Gasteiger partial charge in [-0.3, -0.25) is 47.9 Å². The molecule has 7 aliphatic heterocycles. The topological polar surface area (TPSA) is 542 Å². The molecule has 37 heteroatoms. The number of aliphatic hydroxyl groups is 6. The number of carbonyl (C=O) groups excluding carboxylic acids is 10. The van der Waals surface area contributed by atoms with Crippen LogP contribution in [0.5, 0.6) is 46.0 Å². The van der Waals surface area contributed by atoms with Gasteiger partial charge in [0.25, 0.3) is 5.91 Å². The third kappa shape index (κ3) is 18.8. The number of nitrogens with one attached hydrogen (secondary N) is 9. The Morgan fingerprint density at radius 3 is 1.90 bits per heavy atom. The first-order valence-electron chi connectivity index (χ1n) is 37.7. The van der Waals surface area contributed by atoms with Crippen molar-refractivity contribution in [2.45, 2.75) is 156 Å². The van der Waals surface area contributed by atoms with E-state index in [2.05, 4.69) is 53.8 Å². The zero-order chi connectivity index (χ0) is 86.6. The number of terminal acetylenes is 1. The Morgan fingerprint density at radius 1 is 0.675 bits per heavy atom. The van der Waals surface area contributed by atoms with Gasteiger partial charge in [0.2, 0.25) is 59.3 Å². The number of hydrogen-bond acceptors (Lipinski definition) is 26. The second-order valence-electron chi connectivity index (χ2n) is 29.9. The van der Waals surface area contributed by atoms with Crippen LogP contribution in [0.3, 0.4) is 0 Å². The summed E-state index contributed by atoms with van der Waals surface area (Å²) in [5.74, 6) is -14.2. The Morgan fingerprint density at radius 2 is 1.28 bits per heavy atom. The first kappa shape index (κ1) is 87.3. The summed E-state index contributed by atoms with van der Waals surface area (Å²) in [7, 11) is 1.47. The SMILES string of the molecule is C#CCNC(=O)[C@H]1NC(=O)[C@H]2NC(=O)[C@H](NC(=O)[C@@H]3NC(=O)[C@H](CC(N)=O)NC(=O)[C@H](NC(=O)[C@@H](CC(C)C)NC)[C@H](O)c4ccc(c(Cl)c4)Oc4cc3cc(c4O[C@@H]3O[C@H](CO)[C@@H](O)[C@H](O)[C@H]3O[C@H]3C[C@](C)(NC(=O)c4ccc(C(=O)c5ccccc5)cc4)[C@H](O)[C@H](C)O3)Oc3ccc(cc3Cl)[C@H]2O)c2ccc(O)c(c2)-c2c(O)cc(O)cc21. The van der Waals surface area contributed by atoms with Gasteiger partial charge >= 0.3 is 0 Å². The Bertz CT molecular complexity index is 5190. The van der Waals surface area contributed by atoms with Gasteiger partial charge < -0.3 is 128 Å². The second kappa shape index (κ2) is 36.7. The average molecular weight is 1690 g/mol. The van der Waals surface area contributed by atoms with Gasteiger partial charge in [-0.15, -0.1) is 6.42 Å². The number of aliphatic hydroxyl groups excluding tert-OH is 6. The standard InChI is InChI=1S/C83H86Cl2N10O25/c1-7-23-88-77(110)63-46-30-44(97)31-52(99)60(46)45-25-40(17-20-51(45)98)61-78(111)94-65(81(114)92-63)68(103)42-19-22-54(48(85)27-42)117-56-29-43-28-55(116-53-21-18-41(26-47(53)84)67(102)64(93-75(108)49(87-6)24-35(2)3)80(113)89-50(32-58(86)100)76(109)90-62(43)79(112)91-61)71(56)120-82-72(70(105)69(104)57(34-96)118-82)119-59-33-83(5,73(106)36(4)115-59)95-74(107)39-15-13-38(14-16-39)66(101)37-11-9-8-10-12-37/h1,8-22,25-31,35-36,49-50,57,59,61-65,67-70,72-73,82,87,96-99,102-106H,23-24,32-34H2,2-6H3,(H2,86,100)(H,88,110)(H,89,113)(H,90,109)(H,91,112)(H,92,114)(H,93,108)(H,94,111)(H,95,107)/t36-,49+,50-,57+,59-,61+,62+,63-,64+,65-,67+,68+,69+,70-,72+,73+,82-,83-/m0/s1. The fourth-order valence-corrected chi connectivity index (χ4v) is 15.2. The van der Waals surface area contributed by atoms with Gasteiger partial charge in [-0.2, -0.15) is 0 Å². The summed E-state index contributed by atoms with van der Waals surface area (Å²) in [5, 5.41) is 129. The molecular weight excluding hydrogens is 1610 g/mol. The van der Waals surface area contributed by atoms with E-state index in [9.17, 15) is 69.9 Å². The number of halogens is 2. The molecule has 7 aliphatic rings. The molecule has 120 heavy (non-hydrogen) atoms. The lowest BCUT2D eigenvalue weighted by Crippen LogP contribution is -2.66. The van der Waals surface area contributed by atoms with Crippen LogP contribution >= 0.6 is 23.2 Å². The third-order valence-electron chi connectivity index (χ3n) is 21.0. The molecule has 7 aromatic rings. The number of carbonyl (C=O) groups is 10. The molecule has 14 rings (SSSR count). The summed E-state index contributed by atoms with van der Waals surface area (Å²) in [6, 6.07) is 13.7. The zero-order valence-electron chi connectivity index (χ0n) is 64.6. The summed E-state index contributed by atoms with van der Waals surface area (Å²) in [5.41, 5.74) is 2.21. The van der Waals surface area contributed by atoms with E-state index in [0.29, 0.717) is 5.56 Å². The highest BCUT2D eigenvalue weighted by Crippen LogP contribution is 2.50. The van der Waals surface area contributed by atoms with E-state index in [1.165, 1.54) is 57.3 Å². The van der Waals surface area contributed by atoms with Crippen LogP contribution in [0, 0.1) is 18.3 Å². The number of hydrogen-bond donors (Lipinski definition) is 19. The number of benzene rings is 7. The van der Waals surface area contributed by atoms with Gasteiger partial charge in [0, 0.05) is 40.3 Å². The van der Waals surface area contributed by atoms with E-state index in [0.717, 1.165) is 66.7 Å². The molecule has 0 spiro atoms. The minimum absolute atomic E-state index is 0.0670. The molecule has 7 heterocycles. The van der Waals surface area contributed by atoms with E-state index in [1.807, 2.05) is 13.8 Å². The largest absolute Gasteiger partial charge is 0.508 e. The lowest BCUT2D eigenvalue weighted by atomic mass is 9.84. The van der Waals surface area contributed by atoms with Crippen LogP contribution in [0.25, 0.3) is 11.1 Å². The molecule has 0 aliphatic carbocycles. The highest BCUT2D eigenvalue weighted by Gasteiger charge is 2.53. The van der Waals surface area contributed by atoms with Crippen LogP contribution in [-0.2, 0) is 52.6 Å². The molecule has 9 amide bonds. The lowest BCUT2D eigenvalue weighted by molar-refractivity contribution is -0.334. The van der Waals surface area contributed by atoms with Crippen LogP contribution in [0.4, 0.5) is 0 Å². The molecule has 0 radical (unpaired) electrons. The lowest BCUT2D eigenvalue weighted by Gasteiger charge is -2.48. The maximum Gasteiger partial charge on any atom is 0.251 e. The Balaban J connectivity index is 1.04. The molecule has 0 aromatic heterocycles. The van der Waals surface area contributed by atoms with Crippen LogP contribution in [0.15, 0.2) is 133 Å². The van der Waals surface area contributed by atoms with Crippen molar-refractivity contribution in [2.24, 2.45) is 11.7 Å². The quantitative estimate of drug-likeness (QED) is 0.0433. The highest BCUT2D eigenvalue weighted by atomic mass is 35.5. The number of amides is 9. The zero-order valence-corrected chi connectivity index (χ0v) is 66.1. The van der Waals surface area contributed by atoms with Gasteiger partial charge in [-0.05, 0) is 128 Å². The molecule has 632 valence electrons. The fourth-order valence-electron chi connectivity index (χ4n) is 14.7. The molecule has 2 fully saturated rings. The molecule has 18 atom stereocenters. The van der Waals surface area contributed by atoms with Crippen LogP contribution in [-0.4, -0.2) is 204 Å². The van der Waals surface area contributed by atoms with Crippen molar-refractivity contribution in [1.29, 1.82) is 0 Å². The first-order chi connectivity index (χ1) is 57.1. The minimum Gasteiger partial charge on any atom is -0.508 e. The summed E-state index contributed by atoms with van der Waals surface area (Å²) in [4.78, 5) is 147. The average Bonchev–Trinajstić information content (AvgIpc) is 0.762. The molecule has 2 saturated heterocycles. The first-order valence-corrected chi connectivity index (χ1v) is 38.5. The summed E-state index contributed by atoms with van der Waals surface area (Å²) >= 11 is 14.3. The second-order valence-corrected chi connectivity index (χ2v) is 30.8. The van der Waals surface area contributed by atoms with E-state index < -0.39 is 261 Å². The van der Waals surface area contributed by atoms with E-state index in [-0.39, 0.29) is 51.7 Å². The molecule has 0 saturated carbocycles. The fraction of sp³-hybridized carbons (Fsp3) is 0.349. The number of primary amides is 1. The molecule has 0 unspecified atom stereocenters. The highest BCUT2D eigenvalue weighted by molar-refractivity contribution is 6.32. The van der Waals surface area contributed by atoms with Gasteiger partial charge in [0.15, 0.2) is 29.7 Å². The number of ketones is 1. The molecular formula is C83H86Cl2N10O25. The van der Waals surface area contributed by atoms with E-state index >= 15 is 24.0 Å². The van der Waals surface area contributed by atoms with Crippen molar-refractivity contribution >= 4 is 82.1 Å². The van der Waals surface area contributed by atoms with E-state index in [1.54, 1.807) is 30.3 Å². The van der Waals surface area contributed by atoms with Crippen molar-refractivity contribution in [3.05, 3.63) is 188 Å². The predicted octanol–water partition coefficient (Wildman–Crippen LogP) is 2.47. The minimum atomic E-state index is -2.39. The Hall–Kier alpha value is -12.0. The maximum atomic E-state index is 16.3. The molecule has 35 nitrogen and oxygen atoms in total. The van der Waals surface area contributed by atoms with Crippen molar-refractivity contribution in [1.82, 2.24) is 47.9 Å². The van der Waals surface area contributed by atoms with Crippen LogP contribution in [0.2, 0.25) is 10.0 Å². The monoisotopic (exact) mass is 1690 g/mol. The van der Waals surface area contributed by atoms with Gasteiger partial charge in [-0.25, -0.2) is 0 Å². The molecule has 7 aromatic carbocycles. The number of phenolic OH excluding ortho intramolecular Hbond substituents is 3. The summed E-state index contributed by atoms with van der Waals surface area (Å²) in [6.07, 6.45) is -14.6. The smallest absolute Gasteiger partial charge is 0.251 e. The number of fused-ring (bicyclic) bond motifs is 15. The van der Waals surface area contributed by atoms with Crippen molar-refractivity contribution in [3.63, 3.8) is 0 Å². The number of phenols is 3. The normalized spacial score (nSPS) is 26.4. The van der Waals surface area contributed by atoms with Gasteiger partial charge in [0.05, 0.1) is 47.3 Å². The number of aromatic hydroxyl groups is 3. The van der Waals surface area contributed by atoms with Crippen molar-refractivity contribution in [2.75, 3.05) is 20.2 Å². The Labute approximate surface area is 694 Å². The van der Waals surface area contributed by atoms with Gasteiger partial charge in [0.1, 0.15) is 102 Å². The van der Waals surface area contributed by atoms with E-state index in [4.69, 9.17) is 63.8 Å². The Kier molecular flexibility index (Phi) is 26.7. The van der Waals surface area contributed by atoms with Crippen LogP contribution < -0.4 is 67.8 Å².